The van der Waals surface area contributed by atoms with Crippen LogP contribution < -0.4 is 0 Å². The molecule has 4 fully saturated rings. The Bertz CT molecular complexity index is 1570. The van der Waals surface area contributed by atoms with Crippen LogP contribution in [0.3, 0.4) is 0 Å². The van der Waals surface area contributed by atoms with E-state index in [1.165, 1.54) is 50.5 Å². The second kappa shape index (κ2) is 26.3. The number of hydrogen-bond donors (Lipinski definition) is 3. The molecule has 0 aromatic rings. The third-order valence-electron chi connectivity index (χ3n) is 16.9. The average molecular weight is 889 g/mol. The fraction of sp³-hybridized carbons (Fsp3) is 0.772. The minimum atomic E-state index is -1.46. The molecule has 64 heavy (non-hydrogen) atoms. The van der Waals surface area contributed by atoms with Crippen molar-refractivity contribution in [3.8, 4) is 0 Å². The van der Waals surface area contributed by atoms with Gasteiger partial charge in [-0.3, -0.25) is 4.79 Å². The number of fused-ring (bicyclic) bond motifs is 5. The van der Waals surface area contributed by atoms with Crippen molar-refractivity contribution in [3.05, 3.63) is 72.4 Å². The third-order valence-corrected chi connectivity index (χ3v) is 16.9. The topological polar surface area (TPSA) is 105 Å². The Hall–Kier alpha value is -2.29. The van der Waals surface area contributed by atoms with E-state index in [-0.39, 0.29) is 24.1 Å². The lowest BCUT2D eigenvalue weighted by Crippen LogP contribution is -2.60. The number of esters is 1. The molecular weight excluding hydrogens is 797 g/mol. The van der Waals surface area contributed by atoms with Gasteiger partial charge in [0.2, 0.25) is 0 Å². The van der Waals surface area contributed by atoms with Crippen molar-refractivity contribution >= 4 is 5.97 Å². The summed E-state index contributed by atoms with van der Waals surface area (Å²) in [6, 6.07) is 0. The largest absolute Gasteiger partial charge is 0.463 e. The first-order valence-electron chi connectivity index (χ1n) is 26.3. The van der Waals surface area contributed by atoms with Crippen molar-refractivity contribution in [2.24, 2.45) is 52.3 Å². The van der Waals surface area contributed by atoms with Crippen LogP contribution in [0.4, 0.5) is 0 Å². The average Bonchev–Trinajstić information content (AvgIpc) is 3.64. The maximum absolute atomic E-state index is 12.7. The first kappa shape index (κ1) is 52.7. The van der Waals surface area contributed by atoms with Gasteiger partial charge in [-0.25, -0.2) is 0 Å². The normalized spacial score (nSPS) is 35.4. The van der Waals surface area contributed by atoms with Crippen molar-refractivity contribution in [3.63, 3.8) is 0 Å². The Morgan fingerprint density at radius 2 is 1.45 bits per heavy atom. The molecule has 7 heteroatoms. The third kappa shape index (κ3) is 14.1. The minimum absolute atomic E-state index is 0.150. The quantitative estimate of drug-likeness (QED) is 0.0476. The Morgan fingerprint density at radius 1 is 0.781 bits per heavy atom. The zero-order chi connectivity index (χ0) is 46.1. The molecule has 5 rings (SSSR count). The summed E-state index contributed by atoms with van der Waals surface area (Å²) in [6.07, 6.45) is 41.2. The first-order valence-corrected chi connectivity index (χ1v) is 26.3. The first-order chi connectivity index (χ1) is 30.8. The molecule has 14 unspecified atom stereocenters. The van der Waals surface area contributed by atoms with Gasteiger partial charge in [-0.1, -0.05) is 147 Å². The molecule has 3 saturated carbocycles. The highest BCUT2D eigenvalue weighted by molar-refractivity contribution is 5.69. The van der Waals surface area contributed by atoms with Gasteiger partial charge in [-0.05, 0) is 155 Å². The Morgan fingerprint density at radius 3 is 2.14 bits per heavy atom. The van der Waals surface area contributed by atoms with Gasteiger partial charge in [0.1, 0.15) is 31.0 Å². The molecule has 1 heterocycles. The zero-order valence-electron chi connectivity index (χ0n) is 41.4. The Kier molecular flexibility index (Phi) is 21.7. The lowest BCUT2D eigenvalue weighted by Gasteiger charge is -2.58. The number of carbonyl (C=O) groups excluding carboxylic acids is 1. The number of hydrogen-bond acceptors (Lipinski definition) is 7. The molecule has 4 aliphatic carbocycles. The molecule has 0 aromatic heterocycles. The molecule has 3 N–H and O–H groups in total. The summed E-state index contributed by atoms with van der Waals surface area (Å²) >= 11 is 0. The molecule has 0 aromatic carbocycles. The molecule has 1 aliphatic heterocycles. The summed E-state index contributed by atoms with van der Waals surface area (Å²) in [5.74, 6) is 4.57. The number of ether oxygens (including phenoxy) is 3. The summed E-state index contributed by atoms with van der Waals surface area (Å²) in [5.41, 5.74) is 2.03. The molecule has 0 radical (unpaired) electrons. The highest BCUT2D eigenvalue weighted by atomic mass is 16.7. The van der Waals surface area contributed by atoms with Gasteiger partial charge in [0, 0.05) is 6.42 Å². The van der Waals surface area contributed by atoms with Crippen LogP contribution in [0.5, 0.6) is 0 Å². The van der Waals surface area contributed by atoms with E-state index >= 15 is 0 Å². The molecule has 0 amide bonds. The van der Waals surface area contributed by atoms with Crippen LogP contribution in [0, 0.1) is 52.3 Å². The van der Waals surface area contributed by atoms with Crippen LogP contribution in [0.1, 0.15) is 183 Å². The van der Waals surface area contributed by atoms with Crippen LogP contribution in [0.15, 0.2) is 72.4 Å². The van der Waals surface area contributed by atoms with E-state index in [0.717, 1.165) is 101 Å². The van der Waals surface area contributed by atoms with Crippen LogP contribution >= 0.6 is 0 Å². The van der Waals surface area contributed by atoms with E-state index in [1.807, 2.05) is 0 Å². The number of allylic oxidation sites excluding steroid dienone is 11. The molecular formula is C57H92O7. The predicted molar refractivity (Wildman–Crippen MR) is 262 cm³/mol. The standard InChI is InChI=1S/C57H92O7/c1-8-10-11-12-13-14-15-16-17-18-19-20-21-22-23-24-25-26-27-28-51(58)62-40-50-52(59)53(60)54(61)55(64-50)63-45-35-37-56(6)44(39-45)31-32-46-48-34-33-47(57(48,7)38-36-49(46)56)42(5)29-30-43(9-2)41(3)4/h10-11,13-14,16-17,19-20,29-31,41-43,45-50,52-55,59-61H,8-9,12,15,18,21-28,32-40H2,1-7H3/b11-10-,14-13-,17-16-,20-19-,30-29+. The van der Waals surface area contributed by atoms with Crippen LogP contribution in [-0.4, -0.2) is 64.7 Å². The molecule has 362 valence electrons. The molecule has 0 bridgehead atoms. The zero-order valence-corrected chi connectivity index (χ0v) is 41.4. The van der Waals surface area contributed by atoms with Crippen LogP contribution in [0.2, 0.25) is 0 Å². The number of unbranched alkanes of at least 4 members (excludes halogenated alkanes) is 6. The van der Waals surface area contributed by atoms with Gasteiger partial charge < -0.3 is 29.5 Å². The maximum Gasteiger partial charge on any atom is 0.305 e. The second-order valence-corrected chi connectivity index (χ2v) is 21.4. The summed E-state index contributed by atoms with van der Waals surface area (Å²) in [7, 11) is 0. The van der Waals surface area contributed by atoms with Crippen molar-refractivity contribution in [1.82, 2.24) is 0 Å². The van der Waals surface area contributed by atoms with E-state index < -0.39 is 30.7 Å². The van der Waals surface area contributed by atoms with E-state index in [0.29, 0.717) is 35.5 Å². The Labute approximate surface area is 390 Å². The molecule has 7 nitrogen and oxygen atoms in total. The Balaban J connectivity index is 0.989. The number of aliphatic hydroxyl groups excluding tert-OH is 3. The summed E-state index contributed by atoms with van der Waals surface area (Å²) in [6.45, 7) is 16.6. The van der Waals surface area contributed by atoms with Crippen LogP contribution in [-0.2, 0) is 19.0 Å². The van der Waals surface area contributed by atoms with Crippen molar-refractivity contribution in [2.45, 2.75) is 220 Å². The molecule has 1 saturated heterocycles. The fourth-order valence-electron chi connectivity index (χ4n) is 12.9. The SMILES string of the molecule is CC/C=C\C/C=C\C/C=C\C/C=C\CCCCCCCCC(=O)OCC1OC(OC2CCC3(C)C(=CCC4C3CCC3(C)C(C(C)/C=C/C(CC)C(C)C)CCC43)C2)C(O)C(O)C1O. The van der Waals surface area contributed by atoms with E-state index in [4.69, 9.17) is 14.2 Å². The lowest BCUT2D eigenvalue weighted by molar-refractivity contribution is -0.313. The van der Waals surface area contributed by atoms with E-state index in [2.05, 4.69) is 115 Å². The molecule has 0 spiro atoms. The summed E-state index contributed by atoms with van der Waals surface area (Å²) < 4.78 is 18.0. The van der Waals surface area contributed by atoms with Gasteiger partial charge in [0.15, 0.2) is 6.29 Å². The van der Waals surface area contributed by atoms with Gasteiger partial charge in [0.05, 0.1) is 6.10 Å². The molecule has 5 aliphatic rings. The van der Waals surface area contributed by atoms with Crippen molar-refractivity contribution in [1.29, 1.82) is 0 Å². The highest BCUT2D eigenvalue weighted by Crippen LogP contribution is 2.67. The number of carbonyl (C=O) groups is 1. The van der Waals surface area contributed by atoms with Crippen molar-refractivity contribution in [2.75, 3.05) is 6.61 Å². The van der Waals surface area contributed by atoms with Crippen molar-refractivity contribution < 1.29 is 34.3 Å². The monoisotopic (exact) mass is 889 g/mol. The highest BCUT2D eigenvalue weighted by Gasteiger charge is 2.59. The minimum Gasteiger partial charge on any atom is -0.463 e. The molecule has 14 atom stereocenters. The van der Waals surface area contributed by atoms with Gasteiger partial charge in [-0.2, -0.15) is 0 Å². The predicted octanol–water partition coefficient (Wildman–Crippen LogP) is 13.1. The number of rotatable bonds is 25. The summed E-state index contributed by atoms with van der Waals surface area (Å²) in [5, 5.41) is 32.6. The van der Waals surface area contributed by atoms with Gasteiger partial charge in [0.25, 0.3) is 0 Å². The van der Waals surface area contributed by atoms with Gasteiger partial charge in [-0.15, -0.1) is 0 Å². The smallest absolute Gasteiger partial charge is 0.305 e. The van der Waals surface area contributed by atoms with E-state index in [9.17, 15) is 20.1 Å². The maximum atomic E-state index is 12.7. The van der Waals surface area contributed by atoms with Crippen LogP contribution in [0.25, 0.3) is 0 Å². The second-order valence-electron chi connectivity index (χ2n) is 21.4. The van der Waals surface area contributed by atoms with E-state index in [1.54, 1.807) is 0 Å². The van der Waals surface area contributed by atoms with Gasteiger partial charge >= 0.3 is 5.97 Å². The number of aliphatic hydroxyl groups is 3. The fourth-order valence-corrected chi connectivity index (χ4v) is 12.9. The lowest BCUT2D eigenvalue weighted by atomic mass is 9.47. The summed E-state index contributed by atoms with van der Waals surface area (Å²) in [4.78, 5) is 12.7.